The van der Waals surface area contributed by atoms with Crippen LogP contribution >= 0.6 is 0 Å². The van der Waals surface area contributed by atoms with Crippen LogP contribution in [0.5, 0.6) is 5.88 Å². The van der Waals surface area contributed by atoms with Gasteiger partial charge in [0.2, 0.25) is 5.69 Å². The molecule has 9 nitrogen and oxygen atoms in total. The van der Waals surface area contributed by atoms with Crippen LogP contribution in [-0.2, 0) is 17.1 Å². The molecule has 1 aliphatic rings. The average molecular weight is 376 g/mol. The Morgan fingerprint density at radius 2 is 1.96 bits per heavy atom. The van der Waals surface area contributed by atoms with E-state index in [1.165, 1.54) is 18.6 Å². The molecule has 2 aromatic heterocycles. The summed E-state index contributed by atoms with van der Waals surface area (Å²) < 4.78 is 35.1. The molecule has 1 N–H and O–H groups in total. The van der Waals surface area contributed by atoms with Crippen molar-refractivity contribution >= 4 is 10.0 Å². The van der Waals surface area contributed by atoms with Crippen LogP contribution < -0.4 is 9.46 Å². The summed E-state index contributed by atoms with van der Waals surface area (Å²) >= 11 is 0. The Morgan fingerprint density at radius 3 is 2.58 bits per heavy atom. The van der Waals surface area contributed by atoms with Crippen LogP contribution in [0.25, 0.3) is 0 Å². The van der Waals surface area contributed by atoms with Crippen LogP contribution in [0, 0.1) is 18.3 Å². The molecule has 2 heterocycles. The van der Waals surface area contributed by atoms with Gasteiger partial charge >= 0.3 is 0 Å². The zero-order valence-electron chi connectivity index (χ0n) is 14.6. The van der Waals surface area contributed by atoms with Crippen molar-refractivity contribution in [3.63, 3.8) is 0 Å². The van der Waals surface area contributed by atoms with Crippen LogP contribution in [0.1, 0.15) is 37.2 Å². The third-order valence-corrected chi connectivity index (χ3v) is 5.80. The van der Waals surface area contributed by atoms with Gasteiger partial charge in [-0.2, -0.15) is 5.26 Å². The van der Waals surface area contributed by atoms with Crippen molar-refractivity contribution in [1.29, 1.82) is 5.26 Å². The zero-order chi connectivity index (χ0) is 18.7. The van der Waals surface area contributed by atoms with Crippen LogP contribution in [-0.4, -0.2) is 40.1 Å². The van der Waals surface area contributed by atoms with Crippen molar-refractivity contribution in [2.45, 2.75) is 49.8 Å². The van der Waals surface area contributed by atoms with Crippen LogP contribution in [0.4, 0.5) is 0 Å². The van der Waals surface area contributed by atoms with Crippen molar-refractivity contribution < 1.29 is 13.2 Å². The first-order valence-corrected chi connectivity index (χ1v) is 9.77. The summed E-state index contributed by atoms with van der Waals surface area (Å²) in [5, 5.41) is 9.07. The molecule has 0 aromatic carbocycles. The largest absolute Gasteiger partial charge is 0.472 e. The Hall–Kier alpha value is -2.51. The van der Waals surface area contributed by atoms with Gasteiger partial charge in [0.15, 0.2) is 5.03 Å². The molecule has 0 radical (unpaired) electrons. The van der Waals surface area contributed by atoms with Crippen LogP contribution in [0.15, 0.2) is 23.6 Å². The molecule has 1 aliphatic carbocycles. The SMILES string of the molecule is Cc1nc(S(=O)(=O)NC2CCC(Oc3nccnc3C#N)CC2)cn1C. The summed E-state index contributed by atoms with van der Waals surface area (Å²) in [6.45, 7) is 1.75. The van der Waals surface area contributed by atoms with E-state index in [0.717, 1.165) is 0 Å². The van der Waals surface area contributed by atoms with E-state index in [1.54, 1.807) is 18.5 Å². The lowest BCUT2D eigenvalue weighted by molar-refractivity contribution is 0.137. The minimum absolute atomic E-state index is 0.0362. The fourth-order valence-electron chi connectivity index (χ4n) is 2.88. The van der Waals surface area contributed by atoms with E-state index in [0.29, 0.717) is 31.5 Å². The molecule has 1 fully saturated rings. The van der Waals surface area contributed by atoms with Gasteiger partial charge in [-0.1, -0.05) is 0 Å². The van der Waals surface area contributed by atoms with Gasteiger partial charge in [-0.3, -0.25) is 0 Å². The Labute approximate surface area is 152 Å². The maximum Gasteiger partial charge on any atom is 0.259 e. The van der Waals surface area contributed by atoms with Crippen molar-refractivity contribution in [3.05, 3.63) is 30.1 Å². The molecule has 0 atom stereocenters. The van der Waals surface area contributed by atoms with Crippen molar-refractivity contribution in [1.82, 2.24) is 24.2 Å². The first-order valence-electron chi connectivity index (χ1n) is 8.29. The van der Waals surface area contributed by atoms with Crippen LogP contribution in [0.2, 0.25) is 0 Å². The third kappa shape index (κ3) is 4.00. The zero-order valence-corrected chi connectivity index (χ0v) is 15.4. The standard InChI is InChI=1S/C16H20N6O3S/c1-11-20-15(10-22(11)2)26(23,24)21-12-3-5-13(6-4-12)25-16-14(9-17)18-7-8-19-16/h7-8,10,12-13,21H,3-6H2,1-2H3. The maximum absolute atomic E-state index is 12.4. The lowest BCUT2D eigenvalue weighted by atomic mass is 9.94. The maximum atomic E-state index is 12.4. The Balaban J connectivity index is 1.58. The quantitative estimate of drug-likeness (QED) is 0.827. The summed E-state index contributed by atoms with van der Waals surface area (Å²) in [5.74, 6) is 0.864. The van der Waals surface area contributed by atoms with Gasteiger partial charge in [-0.15, -0.1) is 0 Å². The van der Waals surface area contributed by atoms with E-state index < -0.39 is 10.0 Å². The molecular formula is C16H20N6O3S. The number of aryl methyl sites for hydroxylation is 2. The second kappa shape index (κ2) is 7.39. The number of aromatic nitrogens is 4. The fraction of sp³-hybridized carbons (Fsp3) is 0.500. The highest BCUT2D eigenvalue weighted by atomic mass is 32.2. The van der Waals surface area contributed by atoms with Crippen molar-refractivity contribution in [3.8, 4) is 11.9 Å². The molecule has 26 heavy (non-hydrogen) atoms. The average Bonchev–Trinajstić information content (AvgIpc) is 2.97. The molecule has 0 saturated heterocycles. The molecule has 0 amide bonds. The highest BCUT2D eigenvalue weighted by Crippen LogP contribution is 2.25. The molecule has 3 rings (SSSR count). The number of hydrogen-bond donors (Lipinski definition) is 1. The van der Waals surface area contributed by atoms with Gasteiger partial charge in [0.05, 0.1) is 0 Å². The smallest absolute Gasteiger partial charge is 0.259 e. The van der Waals surface area contributed by atoms with E-state index in [2.05, 4.69) is 19.7 Å². The third-order valence-electron chi connectivity index (χ3n) is 4.41. The fourth-order valence-corrected chi connectivity index (χ4v) is 4.22. The monoisotopic (exact) mass is 376 g/mol. The molecule has 0 bridgehead atoms. The summed E-state index contributed by atoms with van der Waals surface area (Å²) in [7, 11) is -1.88. The number of rotatable bonds is 5. The first kappa shape index (κ1) is 18.3. The molecule has 0 spiro atoms. The molecule has 0 unspecified atom stereocenters. The summed E-state index contributed by atoms with van der Waals surface area (Å²) in [5.41, 5.74) is 0.154. The molecule has 0 aliphatic heterocycles. The van der Waals surface area contributed by atoms with Crippen molar-refractivity contribution in [2.24, 2.45) is 7.05 Å². The van der Waals surface area contributed by atoms with Gasteiger partial charge in [-0.05, 0) is 32.6 Å². The molecule has 138 valence electrons. The number of hydrogen-bond acceptors (Lipinski definition) is 7. The van der Waals surface area contributed by atoms with E-state index in [9.17, 15) is 8.42 Å². The summed E-state index contributed by atoms with van der Waals surface area (Å²) in [6.07, 6.45) is 6.91. The molecule has 1 saturated carbocycles. The molecular weight excluding hydrogens is 356 g/mol. The minimum Gasteiger partial charge on any atom is -0.472 e. The van der Waals surface area contributed by atoms with E-state index in [4.69, 9.17) is 10.00 Å². The number of sulfonamides is 1. The Morgan fingerprint density at radius 1 is 1.27 bits per heavy atom. The van der Waals surface area contributed by atoms with Crippen molar-refractivity contribution in [2.75, 3.05) is 0 Å². The lowest BCUT2D eigenvalue weighted by Crippen LogP contribution is -2.39. The van der Waals surface area contributed by atoms with E-state index in [1.807, 2.05) is 6.07 Å². The number of nitrogens with one attached hydrogen (secondary N) is 1. The van der Waals surface area contributed by atoms with Gasteiger partial charge in [0, 0.05) is 31.7 Å². The number of nitriles is 1. The predicted octanol–water partition coefficient (Wildman–Crippen LogP) is 1.06. The van der Waals surface area contributed by atoms with Gasteiger partial charge in [0.25, 0.3) is 15.9 Å². The van der Waals surface area contributed by atoms with Gasteiger partial charge < -0.3 is 9.30 Å². The topological polar surface area (TPSA) is 123 Å². The molecule has 10 heteroatoms. The Bertz CT molecular complexity index is 906. The lowest BCUT2D eigenvalue weighted by Gasteiger charge is -2.28. The highest BCUT2D eigenvalue weighted by molar-refractivity contribution is 7.89. The summed E-state index contributed by atoms with van der Waals surface area (Å²) in [6, 6.07) is 1.78. The second-order valence-corrected chi connectivity index (χ2v) is 7.93. The summed E-state index contributed by atoms with van der Waals surface area (Å²) in [4.78, 5) is 12.0. The number of ether oxygens (including phenoxy) is 1. The normalized spacial score (nSPS) is 20.5. The second-order valence-electron chi connectivity index (χ2n) is 6.27. The van der Waals surface area contributed by atoms with E-state index in [-0.39, 0.29) is 28.7 Å². The van der Waals surface area contributed by atoms with Gasteiger partial charge in [0.1, 0.15) is 18.0 Å². The number of nitrogens with zero attached hydrogens (tertiary/aromatic N) is 5. The highest BCUT2D eigenvalue weighted by Gasteiger charge is 2.28. The van der Waals surface area contributed by atoms with Crippen LogP contribution in [0.3, 0.4) is 0 Å². The van der Waals surface area contributed by atoms with E-state index >= 15 is 0 Å². The minimum atomic E-state index is -3.64. The number of imidazole rings is 1. The van der Waals surface area contributed by atoms with Gasteiger partial charge in [-0.25, -0.2) is 28.1 Å². The molecule has 2 aromatic rings. The first-order chi connectivity index (χ1) is 12.4. The predicted molar refractivity (Wildman–Crippen MR) is 91.7 cm³/mol. The Kier molecular flexibility index (Phi) is 5.20.